The number of para-hydroxylation sites is 4. The number of fused-ring (bicyclic) bond motifs is 22. The van der Waals surface area contributed by atoms with Crippen LogP contribution in [0.15, 0.2) is 279 Å². The monoisotopic (exact) mass is 1570 g/mol. The summed E-state index contributed by atoms with van der Waals surface area (Å²) in [6, 6.07) is 98.2. The van der Waals surface area contributed by atoms with Gasteiger partial charge in [0.2, 0.25) is 0 Å². The average Bonchev–Trinajstić information content (AvgIpc) is 1.59. The molecule has 0 unspecified atom stereocenters. The van der Waals surface area contributed by atoms with Gasteiger partial charge in [0.15, 0.2) is 0 Å². The third-order valence-corrected chi connectivity index (χ3v) is 25.8. The first-order chi connectivity index (χ1) is 57.7. The molecule has 8 aliphatic rings. The Bertz CT molecular complexity index is 7180. The number of aromatic nitrogens is 2. The Morgan fingerprint density at radius 1 is 0.218 bits per heavy atom. The van der Waals surface area contributed by atoms with Crippen molar-refractivity contribution in [1.29, 1.82) is 0 Å². The molecular formula is C103H68B4Cl2N2O8. The van der Waals surface area contributed by atoms with Crippen LogP contribution in [0.2, 0.25) is 10.0 Å². The first-order valence-corrected chi connectivity index (χ1v) is 40.9. The average molecular weight is 1580 g/mol. The van der Waals surface area contributed by atoms with Crippen LogP contribution < -0.4 is 103 Å². The maximum atomic E-state index is 7.13. The van der Waals surface area contributed by atoms with Gasteiger partial charge in [-0.2, -0.15) is 0 Å². The van der Waals surface area contributed by atoms with E-state index in [1.165, 1.54) is 33.4 Å². The molecule has 2 aromatic heterocycles. The fourth-order valence-electron chi connectivity index (χ4n) is 20.9. The summed E-state index contributed by atoms with van der Waals surface area (Å²) in [5.74, 6) is 12.8. The van der Waals surface area contributed by atoms with Crippen molar-refractivity contribution in [2.75, 3.05) is 0 Å². The lowest BCUT2D eigenvalue weighted by molar-refractivity contribution is 0.464. The Balaban J connectivity index is 0.000000136. The zero-order valence-corrected chi connectivity index (χ0v) is 66.3. The van der Waals surface area contributed by atoms with Crippen molar-refractivity contribution in [2.24, 2.45) is 0 Å². The highest BCUT2D eigenvalue weighted by Crippen LogP contribution is 2.49. The highest BCUT2D eigenvalue weighted by Gasteiger charge is 2.47. The molecule has 0 spiro atoms. The van der Waals surface area contributed by atoms with E-state index >= 15 is 0 Å². The van der Waals surface area contributed by atoms with Crippen molar-refractivity contribution < 1.29 is 37.9 Å². The minimum absolute atomic E-state index is 0. The minimum Gasteiger partial charge on any atom is -0.458 e. The van der Waals surface area contributed by atoms with Gasteiger partial charge >= 0.3 is 0 Å². The number of aryl methyl sites for hydroxylation is 6. The van der Waals surface area contributed by atoms with E-state index in [1.54, 1.807) is 0 Å². The SMILES string of the molecule is C.Cc1cc(C)c(-n2c3cc4c(cc3c3cc5c(cc32)Oc2cc(-c3ccccc3)cc3c2B5c2ccccc2O3)B2c3ccccc3Oc3cc(-c5ccccc5)cc(c32)O4)c(C)c1.Cc1cc(C)c(-n2c3cc4c(cc3c3cc5c(cc32)Oc2cc(Cl)cc3c2B5c2ccccc2O3)B2c3ccccc3Oc3cc(Cl)cc(c32)O4)c(C)c1. The Morgan fingerprint density at radius 3 is 0.706 bits per heavy atom. The van der Waals surface area contributed by atoms with Crippen LogP contribution in [0.4, 0.5) is 0 Å². The molecule has 16 aromatic carbocycles. The van der Waals surface area contributed by atoms with Crippen molar-refractivity contribution in [2.45, 2.75) is 49.0 Å². The van der Waals surface area contributed by atoms with Gasteiger partial charge in [0, 0.05) is 77.7 Å². The Kier molecular flexibility index (Phi) is 15.0. The molecule has 564 valence electrons. The number of halogens is 2. The van der Waals surface area contributed by atoms with Gasteiger partial charge in [0.1, 0.15) is 92.0 Å². The highest BCUT2D eigenvalue weighted by molar-refractivity contribution is 7.00. The molecule has 0 saturated heterocycles. The van der Waals surface area contributed by atoms with E-state index in [9.17, 15) is 0 Å². The van der Waals surface area contributed by atoms with Crippen LogP contribution in [0.1, 0.15) is 40.8 Å². The van der Waals surface area contributed by atoms with E-state index in [0.717, 1.165) is 223 Å². The second-order valence-electron chi connectivity index (χ2n) is 32.6. The Hall–Kier alpha value is -13.6. The molecule has 119 heavy (non-hydrogen) atoms. The standard InChI is InChI=1S/C57H37B2NO4.C45H27B2Cl2NO4.CH4/c1-32-22-33(2)57(34(3)23-32)60-45-30-49-43(58-41-18-10-12-20-47(41)61-51-24-37(26-53(63-49)55(51)58)35-14-6-4-7-15-35)28-39(45)40-29-44-50(31-46(40)60)64-54-27-38(36-16-8-5-9-17-36)25-52-56(54)59(44)42-19-11-13-21-48(42)62-52;1-22-12-23(2)45(24(3)13-22)50-33-20-37-31(46-29-8-4-6-10-35(29)51-39-14-25(48)16-41(53-37)43(39)46)18-27(33)28-19-32-38(21-34(28)50)54-42-17-26(49)15-40-44(42)47(32)30-9-5-7-11-36(30)52-40;/h4-31H,1-3H3;4-21H,1-3H3;1H4. The van der Waals surface area contributed by atoms with Gasteiger partial charge in [-0.3, -0.25) is 0 Å². The number of nitrogens with zero attached hydrogens (tertiary/aromatic N) is 2. The van der Waals surface area contributed by atoms with Crippen LogP contribution >= 0.6 is 23.2 Å². The van der Waals surface area contributed by atoms with Gasteiger partial charge in [-0.05, 0) is 203 Å². The van der Waals surface area contributed by atoms with Gasteiger partial charge in [0.05, 0.1) is 33.4 Å². The Morgan fingerprint density at radius 2 is 0.445 bits per heavy atom. The molecule has 0 fully saturated rings. The molecule has 10 nitrogen and oxygen atoms in total. The second-order valence-corrected chi connectivity index (χ2v) is 33.5. The summed E-state index contributed by atoms with van der Waals surface area (Å²) in [7, 11) is 0. The molecule has 0 N–H and O–H groups in total. The van der Waals surface area contributed by atoms with E-state index in [2.05, 4.69) is 269 Å². The van der Waals surface area contributed by atoms with Crippen molar-refractivity contribution >= 4 is 159 Å². The fourth-order valence-corrected chi connectivity index (χ4v) is 21.2. The molecular weight excluding hydrogens is 1510 g/mol. The zero-order valence-electron chi connectivity index (χ0n) is 64.8. The van der Waals surface area contributed by atoms with Crippen molar-refractivity contribution in [3.05, 3.63) is 322 Å². The quantitative estimate of drug-likeness (QED) is 0.161. The normalized spacial score (nSPS) is 13.4. The van der Waals surface area contributed by atoms with Crippen molar-refractivity contribution in [3.8, 4) is 126 Å². The number of rotatable bonds is 4. The summed E-state index contributed by atoms with van der Waals surface area (Å²) in [6.45, 7) is 12.8. The van der Waals surface area contributed by atoms with E-state index < -0.39 is 0 Å². The minimum atomic E-state index is -0.103. The lowest BCUT2D eigenvalue weighted by Crippen LogP contribution is -2.57. The van der Waals surface area contributed by atoms with Gasteiger partial charge in [-0.1, -0.05) is 224 Å². The van der Waals surface area contributed by atoms with Crippen molar-refractivity contribution in [3.63, 3.8) is 0 Å². The summed E-state index contributed by atoms with van der Waals surface area (Å²) in [6.07, 6.45) is 0. The summed E-state index contributed by atoms with van der Waals surface area (Å²) in [4.78, 5) is 0. The largest absolute Gasteiger partial charge is 0.458 e. The Labute approximate surface area is 698 Å². The summed E-state index contributed by atoms with van der Waals surface area (Å²) >= 11 is 13.3. The van der Waals surface area contributed by atoms with Crippen molar-refractivity contribution in [1.82, 2.24) is 9.13 Å². The topological polar surface area (TPSA) is 83.7 Å². The van der Waals surface area contributed by atoms with Gasteiger partial charge in [-0.25, -0.2) is 0 Å². The molecule has 0 aliphatic carbocycles. The molecule has 18 aromatic rings. The number of benzene rings is 16. The maximum absolute atomic E-state index is 7.13. The molecule has 0 radical (unpaired) electrons. The molecule has 8 aliphatic heterocycles. The summed E-state index contributed by atoms with van der Waals surface area (Å²) in [5.41, 5.74) is 31.0. The number of ether oxygens (including phenoxy) is 8. The second kappa shape index (κ2) is 25.7. The predicted molar refractivity (Wildman–Crippen MR) is 488 cm³/mol. The maximum Gasteiger partial charge on any atom is 0.260 e. The smallest absolute Gasteiger partial charge is 0.260 e. The first kappa shape index (κ1) is 69.6. The highest BCUT2D eigenvalue weighted by atomic mass is 35.5. The molecule has 0 saturated carbocycles. The molecule has 0 atom stereocenters. The number of hydrogen-bond acceptors (Lipinski definition) is 8. The summed E-state index contributed by atoms with van der Waals surface area (Å²) in [5, 5.41) is 5.69. The molecule has 10 heterocycles. The molecule has 16 heteroatoms. The van der Waals surface area contributed by atoms with Crippen LogP contribution in [0, 0.1) is 41.5 Å². The summed E-state index contributed by atoms with van der Waals surface area (Å²) < 4.78 is 59.1. The number of hydrogen-bond donors (Lipinski definition) is 0. The predicted octanol–water partition coefficient (Wildman–Crippen LogP) is 19.6. The zero-order chi connectivity index (χ0) is 78.5. The van der Waals surface area contributed by atoms with Gasteiger partial charge in [-0.15, -0.1) is 0 Å². The molecule has 26 rings (SSSR count). The van der Waals surface area contributed by atoms with Crippen LogP contribution in [-0.4, -0.2) is 36.0 Å². The van der Waals surface area contributed by atoms with Crippen LogP contribution in [0.25, 0.3) is 77.2 Å². The van der Waals surface area contributed by atoms with Crippen LogP contribution in [0.3, 0.4) is 0 Å². The van der Waals surface area contributed by atoms with E-state index in [1.807, 2.05) is 60.7 Å². The van der Waals surface area contributed by atoms with E-state index in [-0.39, 0.29) is 34.3 Å². The first-order valence-electron chi connectivity index (χ1n) is 40.1. The van der Waals surface area contributed by atoms with E-state index in [0.29, 0.717) is 21.5 Å². The van der Waals surface area contributed by atoms with Gasteiger partial charge in [0.25, 0.3) is 26.9 Å². The molecule has 0 bridgehead atoms. The van der Waals surface area contributed by atoms with Gasteiger partial charge < -0.3 is 47.0 Å². The lowest BCUT2D eigenvalue weighted by Gasteiger charge is -2.33. The van der Waals surface area contributed by atoms with Crippen LogP contribution in [-0.2, 0) is 0 Å². The lowest BCUT2D eigenvalue weighted by atomic mass is 9.34. The third-order valence-electron chi connectivity index (χ3n) is 25.4. The fraction of sp³-hybridized carbons (Fsp3) is 0.0680. The van der Waals surface area contributed by atoms with E-state index in [4.69, 9.17) is 61.1 Å². The van der Waals surface area contributed by atoms with Crippen LogP contribution in [0.5, 0.6) is 92.0 Å². The third kappa shape index (κ3) is 10.3. The molecule has 0 amide bonds.